The summed E-state index contributed by atoms with van der Waals surface area (Å²) in [5.74, 6) is 1.08. The molecule has 1 saturated heterocycles. The number of fused-ring (bicyclic) bond motifs is 1. The van der Waals surface area contributed by atoms with Crippen LogP contribution in [-0.2, 0) is 10.3 Å². The van der Waals surface area contributed by atoms with Crippen molar-refractivity contribution in [1.29, 1.82) is 5.26 Å². The highest BCUT2D eigenvalue weighted by Gasteiger charge is 2.56. The zero-order chi connectivity index (χ0) is 17.7. The highest BCUT2D eigenvalue weighted by atomic mass is 16.7. The molecule has 24 heavy (non-hydrogen) atoms. The predicted molar refractivity (Wildman–Crippen MR) is 96.5 cm³/mol. The van der Waals surface area contributed by atoms with Crippen molar-refractivity contribution in [2.75, 3.05) is 6.54 Å². The van der Waals surface area contributed by atoms with Gasteiger partial charge < -0.3 is 0 Å². The normalized spacial score (nSPS) is 35.5. The van der Waals surface area contributed by atoms with Gasteiger partial charge in [-0.2, -0.15) is 10.3 Å². The lowest BCUT2D eigenvalue weighted by atomic mass is 9.58. The van der Waals surface area contributed by atoms with Gasteiger partial charge in [-0.15, -0.1) is 0 Å². The monoisotopic (exact) mass is 326 g/mol. The maximum Gasteiger partial charge on any atom is 0.0991 e. The lowest BCUT2D eigenvalue weighted by Gasteiger charge is -2.47. The Balaban J connectivity index is 2.01. The third-order valence-electron chi connectivity index (χ3n) is 6.34. The zero-order valence-corrected chi connectivity index (χ0v) is 15.9. The molecule has 2 aliphatic rings. The van der Waals surface area contributed by atoms with Gasteiger partial charge in [-0.05, 0) is 68.2 Å². The summed E-state index contributed by atoms with van der Waals surface area (Å²) in [4.78, 5) is 6.30. The van der Waals surface area contributed by atoms with Crippen molar-refractivity contribution in [1.82, 2.24) is 5.06 Å². The van der Waals surface area contributed by atoms with E-state index in [4.69, 9.17) is 4.84 Å². The molecule has 1 aromatic carbocycles. The molecule has 1 aliphatic carbocycles. The quantitative estimate of drug-likeness (QED) is 0.798. The van der Waals surface area contributed by atoms with E-state index in [1.165, 1.54) is 11.1 Å². The second-order valence-electron chi connectivity index (χ2n) is 8.61. The Hall–Kier alpha value is -1.37. The van der Waals surface area contributed by atoms with Crippen molar-refractivity contribution in [3.63, 3.8) is 0 Å². The lowest BCUT2D eigenvalue weighted by molar-refractivity contribution is -0.195. The van der Waals surface area contributed by atoms with E-state index in [-0.39, 0.29) is 11.0 Å². The van der Waals surface area contributed by atoms with Crippen LogP contribution >= 0.6 is 0 Å². The lowest BCUT2D eigenvalue weighted by Crippen LogP contribution is -2.49. The second kappa shape index (κ2) is 5.86. The van der Waals surface area contributed by atoms with Gasteiger partial charge in [0.2, 0.25) is 0 Å². The summed E-state index contributed by atoms with van der Waals surface area (Å²) in [5.41, 5.74) is 3.38. The van der Waals surface area contributed by atoms with Gasteiger partial charge in [-0.3, -0.25) is 4.84 Å². The predicted octanol–water partition coefficient (Wildman–Crippen LogP) is 4.58. The van der Waals surface area contributed by atoms with Crippen LogP contribution < -0.4 is 0 Å². The fourth-order valence-corrected chi connectivity index (χ4v) is 5.33. The number of rotatable bonds is 2. The van der Waals surface area contributed by atoms with Gasteiger partial charge in [0, 0.05) is 18.5 Å². The Kier molecular flexibility index (Phi) is 4.26. The average Bonchev–Trinajstić information content (AvgIpc) is 2.78. The summed E-state index contributed by atoms with van der Waals surface area (Å²) >= 11 is 0. The third kappa shape index (κ3) is 2.66. The Morgan fingerprint density at radius 1 is 1.29 bits per heavy atom. The molecule has 0 amide bonds. The maximum absolute atomic E-state index is 9.31. The molecule has 0 N–H and O–H groups in total. The number of benzene rings is 1. The van der Waals surface area contributed by atoms with E-state index in [1.807, 2.05) is 6.07 Å². The molecule has 1 saturated carbocycles. The summed E-state index contributed by atoms with van der Waals surface area (Å²) in [5, 5.41) is 11.5. The first-order valence-electron chi connectivity index (χ1n) is 9.19. The van der Waals surface area contributed by atoms with Crippen LogP contribution in [0.5, 0.6) is 0 Å². The van der Waals surface area contributed by atoms with Crippen LogP contribution in [0.2, 0.25) is 0 Å². The summed E-state index contributed by atoms with van der Waals surface area (Å²) in [6.45, 7) is 14.5. The molecule has 4 atom stereocenters. The van der Waals surface area contributed by atoms with E-state index < -0.39 is 0 Å². The molecular formula is C21H30N2O. The largest absolute Gasteiger partial charge is 0.292 e. The average molecular weight is 326 g/mol. The van der Waals surface area contributed by atoms with Crippen molar-refractivity contribution in [3.8, 4) is 6.07 Å². The first-order chi connectivity index (χ1) is 11.2. The van der Waals surface area contributed by atoms with Crippen molar-refractivity contribution in [2.24, 2.45) is 11.8 Å². The topological polar surface area (TPSA) is 36.3 Å². The van der Waals surface area contributed by atoms with Crippen LogP contribution in [0.4, 0.5) is 0 Å². The molecule has 1 heterocycles. The fourth-order valence-electron chi connectivity index (χ4n) is 5.33. The Labute approximate surface area is 146 Å². The molecule has 3 nitrogen and oxygen atoms in total. The zero-order valence-electron chi connectivity index (χ0n) is 15.9. The highest BCUT2D eigenvalue weighted by Crippen LogP contribution is 2.53. The SMILES string of the molecule is CCN1OC(C)(C)C2CC(C)(c3cc(C#N)ccc3C)CC(C)C21. The smallest absolute Gasteiger partial charge is 0.0991 e. The van der Waals surface area contributed by atoms with Crippen molar-refractivity contribution in [3.05, 3.63) is 34.9 Å². The highest BCUT2D eigenvalue weighted by molar-refractivity contribution is 5.42. The molecule has 1 aromatic rings. The number of hydrogen-bond donors (Lipinski definition) is 0. The molecular weight excluding hydrogens is 296 g/mol. The summed E-state index contributed by atoms with van der Waals surface area (Å²) in [6.07, 6.45) is 2.25. The van der Waals surface area contributed by atoms with Crippen LogP contribution in [0, 0.1) is 30.1 Å². The molecule has 0 aromatic heterocycles. The Morgan fingerprint density at radius 2 is 2.00 bits per heavy atom. The van der Waals surface area contributed by atoms with E-state index in [2.05, 4.69) is 64.8 Å². The van der Waals surface area contributed by atoms with Crippen molar-refractivity contribution in [2.45, 2.75) is 71.4 Å². The van der Waals surface area contributed by atoms with Gasteiger partial charge >= 0.3 is 0 Å². The van der Waals surface area contributed by atoms with Gasteiger partial charge in [0.15, 0.2) is 0 Å². The molecule has 3 heteroatoms. The van der Waals surface area contributed by atoms with Crippen LogP contribution in [0.3, 0.4) is 0 Å². The Bertz CT molecular complexity index is 675. The summed E-state index contributed by atoms with van der Waals surface area (Å²) in [7, 11) is 0. The number of hydroxylamine groups is 2. The van der Waals surface area contributed by atoms with Gasteiger partial charge in [0.1, 0.15) is 0 Å². The van der Waals surface area contributed by atoms with E-state index in [9.17, 15) is 5.26 Å². The van der Waals surface area contributed by atoms with Gasteiger partial charge in [-0.25, -0.2) is 0 Å². The first-order valence-corrected chi connectivity index (χ1v) is 9.19. The fraction of sp³-hybridized carbons (Fsp3) is 0.667. The number of aryl methyl sites for hydroxylation is 1. The van der Waals surface area contributed by atoms with Crippen molar-refractivity contribution >= 4 is 0 Å². The van der Waals surface area contributed by atoms with Crippen LogP contribution in [0.15, 0.2) is 18.2 Å². The minimum Gasteiger partial charge on any atom is -0.292 e. The van der Waals surface area contributed by atoms with Crippen LogP contribution in [0.1, 0.15) is 64.2 Å². The number of nitriles is 1. The molecule has 0 spiro atoms. The molecule has 2 fully saturated rings. The number of hydrogen-bond acceptors (Lipinski definition) is 3. The minimum atomic E-state index is -0.128. The summed E-state index contributed by atoms with van der Waals surface area (Å²) < 4.78 is 0. The third-order valence-corrected chi connectivity index (χ3v) is 6.34. The number of nitrogens with zero attached hydrogens (tertiary/aromatic N) is 2. The van der Waals surface area contributed by atoms with Crippen LogP contribution in [0.25, 0.3) is 0 Å². The van der Waals surface area contributed by atoms with Crippen molar-refractivity contribution < 1.29 is 4.84 Å². The van der Waals surface area contributed by atoms with E-state index in [1.54, 1.807) is 0 Å². The standard InChI is InChI=1S/C21H30N2O/c1-7-23-19-15(3)11-21(6,12-18(19)20(4,5)24-23)17-10-16(13-22)9-8-14(17)2/h8-10,15,18-19H,7,11-12H2,1-6H3. The van der Waals surface area contributed by atoms with Gasteiger partial charge in [0.05, 0.1) is 17.2 Å². The summed E-state index contributed by atoms with van der Waals surface area (Å²) in [6, 6.07) is 8.95. The maximum atomic E-state index is 9.31. The molecule has 0 radical (unpaired) electrons. The second-order valence-corrected chi connectivity index (χ2v) is 8.61. The van der Waals surface area contributed by atoms with Gasteiger partial charge in [0.25, 0.3) is 0 Å². The molecule has 4 unspecified atom stereocenters. The Morgan fingerprint density at radius 3 is 2.62 bits per heavy atom. The van der Waals surface area contributed by atoms with E-state index >= 15 is 0 Å². The molecule has 1 aliphatic heterocycles. The molecule has 130 valence electrons. The van der Waals surface area contributed by atoms with E-state index in [0.717, 1.165) is 24.9 Å². The van der Waals surface area contributed by atoms with E-state index in [0.29, 0.717) is 17.9 Å². The van der Waals surface area contributed by atoms with Crippen LogP contribution in [-0.4, -0.2) is 23.3 Å². The molecule has 3 rings (SSSR count). The minimum absolute atomic E-state index is 0.0991. The molecule has 0 bridgehead atoms. The first kappa shape index (κ1) is 17.5. The van der Waals surface area contributed by atoms with Gasteiger partial charge in [-0.1, -0.05) is 26.8 Å².